The van der Waals surface area contributed by atoms with Gasteiger partial charge in [-0.1, -0.05) is 19.9 Å². The van der Waals surface area contributed by atoms with Gasteiger partial charge in [0.15, 0.2) is 0 Å². The third kappa shape index (κ3) is 7.45. The molecular formula is C35H40F6N2O5. The first kappa shape index (κ1) is 35.6. The highest BCUT2D eigenvalue weighted by Crippen LogP contribution is 2.47. The summed E-state index contributed by atoms with van der Waals surface area (Å²) in [6.45, 7) is 7.10. The smallest absolute Gasteiger partial charge is 0.416 e. The van der Waals surface area contributed by atoms with E-state index in [0.29, 0.717) is 43.7 Å². The lowest BCUT2D eigenvalue weighted by atomic mass is 9.72. The number of nitrogens with zero attached hydrogens (tertiary/aromatic N) is 2. The summed E-state index contributed by atoms with van der Waals surface area (Å²) in [5.74, 6) is 0.348. The molecule has 1 aliphatic carbocycles. The van der Waals surface area contributed by atoms with E-state index in [9.17, 15) is 35.9 Å². The van der Waals surface area contributed by atoms with Gasteiger partial charge in [-0.15, -0.1) is 0 Å². The Balaban J connectivity index is 1.49. The fourth-order valence-corrected chi connectivity index (χ4v) is 7.14. The van der Waals surface area contributed by atoms with Crippen molar-refractivity contribution in [3.8, 4) is 5.75 Å². The van der Waals surface area contributed by atoms with Gasteiger partial charge in [-0.05, 0) is 104 Å². The Morgan fingerprint density at radius 3 is 2.27 bits per heavy atom. The monoisotopic (exact) mass is 682 g/mol. The van der Waals surface area contributed by atoms with E-state index in [0.717, 1.165) is 41.7 Å². The standard InChI is InChI=1S/C35H40F6N2O5/c1-20-30(22-14-24(34(36,37)38)16-25(15-22)35(39,40)41)48-32(45)43(20)19-23-17-33(2,3)11-10-26(23)27-13-21(8-9-29(27)46-4)18-42-12-6-7-28(42)31(44)47-5/h8-9,13-16,20,28,30H,6-7,10-12,17-19H2,1-5H3/t20-,28?,30-/m0/s1. The minimum absolute atomic E-state index is 0.0603. The number of halogens is 6. The number of likely N-dealkylation sites (tertiary alicyclic amines) is 1. The van der Waals surface area contributed by atoms with Gasteiger partial charge in [-0.2, -0.15) is 26.3 Å². The lowest BCUT2D eigenvalue weighted by Gasteiger charge is -2.36. The van der Waals surface area contributed by atoms with Gasteiger partial charge in [-0.3, -0.25) is 14.6 Å². The highest BCUT2D eigenvalue weighted by Gasteiger charge is 2.44. The zero-order valence-corrected chi connectivity index (χ0v) is 27.6. The van der Waals surface area contributed by atoms with Crippen molar-refractivity contribution in [1.29, 1.82) is 0 Å². The van der Waals surface area contributed by atoms with Gasteiger partial charge in [0.05, 0.1) is 31.4 Å². The molecule has 2 saturated heterocycles. The first-order valence-electron chi connectivity index (χ1n) is 15.9. The summed E-state index contributed by atoms with van der Waals surface area (Å²) in [6.07, 6.45) is -8.56. The number of cyclic esters (lactones) is 1. The van der Waals surface area contributed by atoms with Crippen molar-refractivity contribution in [3.05, 3.63) is 69.8 Å². The molecule has 262 valence electrons. The number of allylic oxidation sites excluding steroid dienone is 1. The molecule has 0 saturated carbocycles. The molecule has 2 aromatic rings. The zero-order chi connectivity index (χ0) is 35.2. The minimum Gasteiger partial charge on any atom is -0.496 e. The average molecular weight is 683 g/mol. The van der Waals surface area contributed by atoms with E-state index in [1.807, 2.05) is 18.2 Å². The fourth-order valence-electron chi connectivity index (χ4n) is 7.14. The lowest BCUT2D eigenvalue weighted by Crippen LogP contribution is -2.36. The van der Waals surface area contributed by atoms with Crippen molar-refractivity contribution in [1.82, 2.24) is 9.80 Å². The van der Waals surface area contributed by atoms with Crippen LogP contribution in [0.2, 0.25) is 0 Å². The molecule has 2 aliphatic heterocycles. The Morgan fingerprint density at radius 1 is 1.00 bits per heavy atom. The van der Waals surface area contributed by atoms with Crippen molar-refractivity contribution in [2.75, 3.05) is 27.3 Å². The summed E-state index contributed by atoms with van der Waals surface area (Å²) >= 11 is 0. The van der Waals surface area contributed by atoms with Crippen molar-refractivity contribution in [2.45, 2.75) is 90.0 Å². The third-order valence-electron chi connectivity index (χ3n) is 9.67. The number of hydrogen-bond acceptors (Lipinski definition) is 6. The Bertz CT molecular complexity index is 1550. The summed E-state index contributed by atoms with van der Waals surface area (Å²) in [5, 5.41) is 0. The summed E-state index contributed by atoms with van der Waals surface area (Å²) in [4.78, 5) is 29.1. The normalized spacial score (nSPS) is 23.4. The van der Waals surface area contributed by atoms with Crippen LogP contribution in [-0.2, 0) is 33.2 Å². The van der Waals surface area contributed by atoms with Crippen molar-refractivity contribution < 1.29 is 50.1 Å². The molecular weight excluding hydrogens is 642 g/mol. The van der Waals surface area contributed by atoms with E-state index in [4.69, 9.17) is 14.2 Å². The molecule has 0 radical (unpaired) electrons. The SMILES string of the molecule is COC(=O)C1CCCN1Cc1ccc(OC)c(C2=C(CN3C(=O)O[C@H](c4cc(C(F)(F)F)cc(C(F)(F)F)c4)[C@@H]3C)CC(C)(C)CC2)c1. The summed E-state index contributed by atoms with van der Waals surface area (Å²) in [7, 11) is 2.94. The number of methoxy groups -OCH3 is 2. The molecule has 0 N–H and O–H groups in total. The molecule has 0 bridgehead atoms. The van der Waals surface area contributed by atoms with E-state index < -0.39 is 41.7 Å². The second-order valence-corrected chi connectivity index (χ2v) is 13.6. The number of amides is 1. The number of alkyl halides is 6. The van der Waals surface area contributed by atoms with E-state index in [1.54, 1.807) is 14.0 Å². The predicted octanol–water partition coefficient (Wildman–Crippen LogP) is 8.42. The molecule has 13 heteroatoms. The maximum atomic E-state index is 13.6. The number of benzene rings is 2. The highest BCUT2D eigenvalue weighted by molar-refractivity contribution is 5.77. The van der Waals surface area contributed by atoms with Crippen LogP contribution < -0.4 is 4.74 Å². The Labute approximate surface area is 275 Å². The fraction of sp³-hybridized carbons (Fsp3) is 0.543. The number of hydrogen-bond donors (Lipinski definition) is 0. The third-order valence-corrected chi connectivity index (χ3v) is 9.67. The number of rotatable bonds is 8. The molecule has 3 aliphatic rings. The topological polar surface area (TPSA) is 68.3 Å². The average Bonchev–Trinajstić information content (AvgIpc) is 3.59. The molecule has 5 rings (SSSR count). The van der Waals surface area contributed by atoms with Crippen molar-refractivity contribution in [3.63, 3.8) is 0 Å². The number of esters is 1. The Kier molecular flexibility index (Phi) is 9.84. The van der Waals surface area contributed by atoms with Crippen LogP contribution in [-0.4, -0.2) is 61.3 Å². The van der Waals surface area contributed by atoms with E-state index in [1.165, 1.54) is 12.0 Å². The Hall–Kier alpha value is -3.74. The van der Waals surface area contributed by atoms with Crippen LogP contribution in [0, 0.1) is 5.41 Å². The first-order valence-corrected chi connectivity index (χ1v) is 15.9. The predicted molar refractivity (Wildman–Crippen MR) is 165 cm³/mol. The molecule has 3 atom stereocenters. The second-order valence-electron chi connectivity index (χ2n) is 13.6. The molecule has 2 aromatic carbocycles. The molecule has 0 spiro atoms. The summed E-state index contributed by atoms with van der Waals surface area (Å²) < 4.78 is 97.9. The van der Waals surface area contributed by atoms with Crippen LogP contribution in [0.15, 0.2) is 42.0 Å². The number of carbonyl (C=O) groups excluding carboxylic acids is 2. The van der Waals surface area contributed by atoms with E-state index in [2.05, 4.69) is 18.7 Å². The number of carbonyl (C=O) groups is 2. The molecule has 2 fully saturated rings. The van der Waals surface area contributed by atoms with Gasteiger partial charge < -0.3 is 14.2 Å². The largest absolute Gasteiger partial charge is 0.496 e. The quantitative estimate of drug-likeness (QED) is 0.206. The maximum absolute atomic E-state index is 13.6. The van der Waals surface area contributed by atoms with Crippen LogP contribution in [0.4, 0.5) is 31.1 Å². The molecule has 0 aromatic heterocycles. The number of ether oxygens (including phenoxy) is 3. The first-order chi connectivity index (χ1) is 22.4. The zero-order valence-electron chi connectivity index (χ0n) is 27.6. The van der Waals surface area contributed by atoms with Gasteiger partial charge in [0.2, 0.25) is 0 Å². The minimum atomic E-state index is -5.03. The van der Waals surface area contributed by atoms with E-state index in [-0.39, 0.29) is 35.6 Å². The van der Waals surface area contributed by atoms with Gasteiger partial charge in [-0.25, -0.2) is 4.79 Å². The maximum Gasteiger partial charge on any atom is 0.416 e. The second kappa shape index (κ2) is 13.3. The van der Waals surface area contributed by atoms with Crippen LogP contribution in [0.5, 0.6) is 5.75 Å². The molecule has 1 amide bonds. The van der Waals surface area contributed by atoms with Crippen LogP contribution >= 0.6 is 0 Å². The van der Waals surface area contributed by atoms with Gasteiger partial charge in [0, 0.05) is 18.7 Å². The van der Waals surface area contributed by atoms with Crippen molar-refractivity contribution >= 4 is 17.6 Å². The Morgan fingerprint density at radius 2 is 1.67 bits per heavy atom. The van der Waals surface area contributed by atoms with Crippen LogP contribution in [0.3, 0.4) is 0 Å². The summed E-state index contributed by atoms with van der Waals surface area (Å²) in [5.41, 5.74) is 0.206. The van der Waals surface area contributed by atoms with Gasteiger partial charge >= 0.3 is 24.4 Å². The molecule has 48 heavy (non-hydrogen) atoms. The van der Waals surface area contributed by atoms with Crippen LogP contribution in [0.25, 0.3) is 5.57 Å². The van der Waals surface area contributed by atoms with E-state index >= 15 is 0 Å². The highest BCUT2D eigenvalue weighted by atomic mass is 19.4. The van der Waals surface area contributed by atoms with Crippen LogP contribution in [0.1, 0.15) is 86.8 Å². The van der Waals surface area contributed by atoms with Crippen molar-refractivity contribution in [2.24, 2.45) is 5.41 Å². The molecule has 1 unspecified atom stereocenters. The molecule has 2 heterocycles. The molecule has 7 nitrogen and oxygen atoms in total. The lowest BCUT2D eigenvalue weighted by molar-refractivity contribution is -0.146. The summed E-state index contributed by atoms with van der Waals surface area (Å²) in [6, 6.07) is 5.93. The van der Waals surface area contributed by atoms with Gasteiger partial charge in [0.1, 0.15) is 17.9 Å². The van der Waals surface area contributed by atoms with Gasteiger partial charge in [0.25, 0.3) is 0 Å².